The highest BCUT2D eigenvalue weighted by atomic mass is 32.2. The molecule has 0 unspecified atom stereocenters. The van der Waals surface area contributed by atoms with E-state index in [1.807, 2.05) is 13.0 Å². The largest absolute Gasteiger partial charge is 0.312 e. The SMILES string of the molecule is C[C@H](CNC1CCC1)NS(=O)(=O)c1ccc2cnccc2c1. The fourth-order valence-electron chi connectivity index (χ4n) is 2.56. The highest BCUT2D eigenvalue weighted by Gasteiger charge is 2.20. The summed E-state index contributed by atoms with van der Waals surface area (Å²) in [5.41, 5.74) is 0. The molecule has 0 amide bonds. The lowest BCUT2D eigenvalue weighted by Gasteiger charge is -2.28. The molecule has 0 spiro atoms. The van der Waals surface area contributed by atoms with Gasteiger partial charge in [0.05, 0.1) is 4.90 Å². The molecule has 1 aliphatic carbocycles. The van der Waals surface area contributed by atoms with E-state index >= 15 is 0 Å². The Kier molecular flexibility index (Phi) is 4.42. The van der Waals surface area contributed by atoms with E-state index in [0.717, 1.165) is 10.8 Å². The zero-order valence-electron chi connectivity index (χ0n) is 12.6. The van der Waals surface area contributed by atoms with Crippen LogP contribution in [0.2, 0.25) is 0 Å². The molecule has 1 aromatic heterocycles. The van der Waals surface area contributed by atoms with Crippen LogP contribution in [0, 0.1) is 0 Å². The van der Waals surface area contributed by atoms with Crippen LogP contribution >= 0.6 is 0 Å². The van der Waals surface area contributed by atoms with E-state index < -0.39 is 10.0 Å². The Balaban J connectivity index is 1.69. The molecular weight excluding hydrogens is 298 g/mol. The number of nitrogens with one attached hydrogen (secondary N) is 2. The Bertz CT molecular complexity index is 757. The molecule has 0 saturated heterocycles. The van der Waals surface area contributed by atoms with Crippen LogP contribution in [0.25, 0.3) is 10.8 Å². The van der Waals surface area contributed by atoms with Gasteiger partial charge >= 0.3 is 0 Å². The van der Waals surface area contributed by atoms with Crippen molar-refractivity contribution in [3.63, 3.8) is 0 Å². The fraction of sp³-hybridized carbons (Fsp3) is 0.438. The van der Waals surface area contributed by atoms with Gasteiger partial charge in [0.1, 0.15) is 0 Å². The molecule has 0 aliphatic heterocycles. The fourth-order valence-corrected chi connectivity index (χ4v) is 3.84. The Morgan fingerprint density at radius 3 is 2.82 bits per heavy atom. The van der Waals surface area contributed by atoms with Crippen LogP contribution in [-0.2, 0) is 10.0 Å². The second kappa shape index (κ2) is 6.32. The number of sulfonamides is 1. The summed E-state index contributed by atoms with van der Waals surface area (Å²) in [6.45, 7) is 2.54. The van der Waals surface area contributed by atoms with E-state index in [9.17, 15) is 8.42 Å². The molecule has 118 valence electrons. The maximum absolute atomic E-state index is 12.5. The molecule has 1 aromatic carbocycles. The van der Waals surface area contributed by atoms with Crippen LogP contribution in [-0.4, -0.2) is 32.0 Å². The number of aromatic nitrogens is 1. The average molecular weight is 319 g/mol. The summed E-state index contributed by atoms with van der Waals surface area (Å²) >= 11 is 0. The average Bonchev–Trinajstić information content (AvgIpc) is 2.44. The monoisotopic (exact) mass is 319 g/mol. The summed E-state index contributed by atoms with van der Waals surface area (Å²) < 4.78 is 27.7. The maximum atomic E-state index is 12.5. The third-order valence-corrected chi connectivity index (χ3v) is 5.68. The predicted octanol–water partition coefficient (Wildman–Crippen LogP) is 2.04. The minimum atomic E-state index is -3.50. The predicted molar refractivity (Wildman–Crippen MR) is 87.2 cm³/mol. The van der Waals surface area contributed by atoms with E-state index in [2.05, 4.69) is 15.0 Å². The van der Waals surface area contributed by atoms with Gasteiger partial charge in [0, 0.05) is 36.4 Å². The summed E-state index contributed by atoms with van der Waals surface area (Å²) in [4.78, 5) is 4.33. The number of hydrogen-bond acceptors (Lipinski definition) is 4. The number of benzene rings is 1. The summed E-state index contributed by atoms with van der Waals surface area (Å²) in [5, 5.41) is 5.19. The van der Waals surface area contributed by atoms with E-state index in [1.165, 1.54) is 19.3 Å². The molecule has 0 bridgehead atoms. The van der Waals surface area contributed by atoms with Crippen molar-refractivity contribution >= 4 is 20.8 Å². The van der Waals surface area contributed by atoms with E-state index in [0.29, 0.717) is 17.5 Å². The van der Waals surface area contributed by atoms with Crippen LogP contribution in [0.4, 0.5) is 0 Å². The lowest BCUT2D eigenvalue weighted by molar-refractivity contribution is 0.331. The first-order valence-corrected chi connectivity index (χ1v) is 9.12. The zero-order chi connectivity index (χ0) is 15.6. The van der Waals surface area contributed by atoms with E-state index in [4.69, 9.17) is 0 Å². The molecule has 6 heteroatoms. The smallest absolute Gasteiger partial charge is 0.240 e. The minimum Gasteiger partial charge on any atom is -0.312 e. The van der Waals surface area contributed by atoms with Crippen LogP contribution in [0.15, 0.2) is 41.6 Å². The Labute approximate surface area is 131 Å². The number of rotatable bonds is 6. The van der Waals surface area contributed by atoms with Crippen molar-refractivity contribution in [1.29, 1.82) is 0 Å². The molecule has 1 saturated carbocycles. The molecule has 22 heavy (non-hydrogen) atoms. The molecule has 3 rings (SSSR count). The Morgan fingerprint density at radius 2 is 2.09 bits per heavy atom. The summed E-state index contributed by atoms with van der Waals surface area (Å²) in [6.07, 6.45) is 7.04. The van der Waals surface area contributed by atoms with Gasteiger partial charge in [0.25, 0.3) is 0 Å². The van der Waals surface area contributed by atoms with Gasteiger partial charge in [-0.15, -0.1) is 0 Å². The molecule has 1 fully saturated rings. The highest BCUT2D eigenvalue weighted by molar-refractivity contribution is 7.89. The number of hydrogen-bond donors (Lipinski definition) is 2. The normalized spacial score (nSPS) is 17.3. The third-order valence-electron chi connectivity index (χ3n) is 4.10. The first-order chi connectivity index (χ1) is 10.5. The lowest BCUT2D eigenvalue weighted by Crippen LogP contribution is -2.45. The third kappa shape index (κ3) is 3.45. The molecule has 5 nitrogen and oxygen atoms in total. The van der Waals surface area contributed by atoms with Gasteiger partial charge in [-0.25, -0.2) is 13.1 Å². The van der Waals surface area contributed by atoms with Crippen molar-refractivity contribution in [2.45, 2.75) is 43.2 Å². The minimum absolute atomic E-state index is 0.140. The maximum Gasteiger partial charge on any atom is 0.240 e. The van der Waals surface area contributed by atoms with Crippen LogP contribution < -0.4 is 10.0 Å². The van der Waals surface area contributed by atoms with Crippen molar-refractivity contribution < 1.29 is 8.42 Å². The molecule has 1 aliphatic rings. The van der Waals surface area contributed by atoms with Crippen molar-refractivity contribution in [3.8, 4) is 0 Å². The molecule has 2 N–H and O–H groups in total. The Morgan fingerprint density at radius 1 is 1.27 bits per heavy atom. The van der Waals surface area contributed by atoms with Gasteiger partial charge in [-0.3, -0.25) is 4.98 Å². The first kappa shape index (κ1) is 15.4. The quantitative estimate of drug-likeness (QED) is 0.855. The van der Waals surface area contributed by atoms with Crippen LogP contribution in [0.1, 0.15) is 26.2 Å². The van der Waals surface area contributed by atoms with Gasteiger partial charge in [0.2, 0.25) is 10.0 Å². The summed E-state index contributed by atoms with van der Waals surface area (Å²) in [5.74, 6) is 0. The van der Waals surface area contributed by atoms with Crippen LogP contribution in [0.3, 0.4) is 0 Å². The molecular formula is C16H21N3O2S. The van der Waals surface area contributed by atoms with Crippen molar-refractivity contribution in [2.75, 3.05) is 6.54 Å². The lowest BCUT2D eigenvalue weighted by atomic mass is 9.93. The zero-order valence-corrected chi connectivity index (χ0v) is 13.4. The molecule has 1 heterocycles. The van der Waals surface area contributed by atoms with Gasteiger partial charge in [-0.1, -0.05) is 12.5 Å². The number of nitrogens with zero attached hydrogens (tertiary/aromatic N) is 1. The van der Waals surface area contributed by atoms with Crippen LogP contribution in [0.5, 0.6) is 0 Å². The summed E-state index contributed by atoms with van der Waals surface area (Å²) in [7, 11) is -3.50. The number of pyridine rings is 1. The standard InChI is InChI=1S/C16H21N3O2S/c1-12(10-18-15-3-2-4-15)19-22(20,21)16-6-5-14-11-17-8-7-13(14)9-16/h5-9,11-12,15,18-19H,2-4,10H2,1H3/t12-/m1/s1. The summed E-state index contributed by atoms with van der Waals surface area (Å²) in [6, 6.07) is 7.33. The van der Waals surface area contributed by atoms with Gasteiger partial charge < -0.3 is 5.32 Å². The van der Waals surface area contributed by atoms with Crippen molar-refractivity contribution in [3.05, 3.63) is 36.7 Å². The second-order valence-corrected chi connectivity index (χ2v) is 7.66. The number of fused-ring (bicyclic) bond motifs is 1. The second-order valence-electron chi connectivity index (χ2n) is 5.94. The molecule has 1 atom stereocenters. The van der Waals surface area contributed by atoms with Crippen molar-refractivity contribution in [1.82, 2.24) is 15.0 Å². The molecule has 2 aromatic rings. The van der Waals surface area contributed by atoms with E-state index in [1.54, 1.807) is 30.6 Å². The van der Waals surface area contributed by atoms with Crippen molar-refractivity contribution in [2.24, 2.45) is 0 Å². The topological polar surface area (TPSA) is 71.1 Å². The molecule has 0 radical (unpaired) electrons. The van der Waals surface area contributed by atoms with Gasteiger partial charge in [-0.2, -0.15) is 0 Å². The van der Waals surface area contributed by atoms with Gasteiger partial charge in [0.15, 0.2) is 0 Å². The van der Waals surface area contributed by atoms with Gasteiger partial charge in [-0.05, 0) is 43.4 Å². The Hall–Kier alpha value is -1.50. The highest BCUT2D eigenvalue weighted by Crippen LogP contribution is 2.19. The first-order valence-electron chi connectivity index (χ1n) is 7.64. The van der Waals surface area contributed by atoms with E-state index in [-0.39, 0.29) is 6.04 Å².